The minimum Gasteiger partial charge on any atom is -0.497 e. The van der Waals surface area contributed by atoms with Gasteiger partial charge in [-0.3, -0.25) is 0 Å². The van der Waals surface area contributed by atoms with E-state index in [4.69, 9.17) is 9.47 Å². The first-order valence-electron chi connectivity index (χ1n) is 5.29. The van der Waals surface area contributed by atoms with E-state index >= 15 is 0 Å². The van der Waals surface area contributed by atoms with Gasteiger partial charge in [0, 0.05) is 6.61 Å². The quantitative estimate of drug-likeness (QED) is 0.539. The molecule has 0 spiro atoms. The molecule has 2 N–H and O–H groups in total. The number of ether oxygens (including phenoxy) is 2. The average Bonchev–Trinajstić information content (AvgIpc) is 2.29. The molecule has 0 aliphatic rings. The number of hydrogen-bond acceptors (Lipinski definition) is 4. The molecule has 0 aliphatic heterocycles. The van der Waals surface area contributed by atoms with Crippen molar-refractivity contribution in [3.63, 3.8) is 0 Å². The number of methoxy groups -OCH3 is 1. The van der Waals surface area contributed by atoms with E-state index in [0.717, 1.165) is 12.0 Å². The highest BCUT2D eigenvalue weighted by Crippen LogP contribution is 2.12. The Morgan fingerprint density at radius 2 is 2.06 bits per heavy atom. The minimum absolute atomic E-state index is 0.359. The van der Waals surface area contributed by atoms with Gasteiger partial charge in [-0.15, -0.1) is 0 Å². The summed E-state index contributed by atoms with van der Waals surface area (Å²) in [5.41, 5.74) is 1.19. The zero-order chi connectivity index (χ0) is 12.0. The highest BCUT2D eigenvalue weighted by Gasteiger charge is 2.16. The zero-order valence-corrected chi connectivity index (χ0v) is 9.64. The van der Waals surface area contributed by atoms with Crippen molar-refractivity contribution >= 4 is 12.6 Å². The summed E-state index contributed by atoms with van der Waals surface area (Å²) in [6, 6.07) is 5.08. The maximum absolute atomic E-state index is 9.18. The van der Waals surface area contributed by atoms with Gasteiger partial charge < -0.3 is 19.5 Å². The summed E-state index contributed by atoms with van der Waals surface area (Å²) in [6.07, 6.45) is 0.932. The Bertz CT molecular complexity index is 328. The molecule has 0 heterocycles. The Morgan fingerprint density at radius 3 is 2.62 bits per heavy atom. The van der Waals surface area contributed by atoms with Crippen molar-refractivity contribution in [1.82, 2.24) is 0 Å². The molecule has 16 heavy (non-hydrogen) atoms. The molecule has 0 unspecified atom stereocenters. The van der Waals surface area contributed by atoms with Crippen molar-refractivity contribution < 1.29 is 19.5 Å². The molecule has 1 rings (SSSR count). The van der Waals surface area contributed by atoms with Crippen LogP contribution in [0.3, 0.4) is 0 Å². The normalized spacial score (nSPS) is 10.2. The van der Waals surface area contributed by atoms with E-state index in [-0.39, 0.29) is 0 Å². The van der Waals surface area contributed by atoms with Crippen molar-refractivity contribution in [2.24, 2.45) is 0 Å². The van der Waals surface area contributed by atoms with Crippen molar-refractivity contribution in [3.8, 4) is 5.75 Å². The summed E-state index contributed by atoms with van der Waals surface area (Å²) < 4.78 is 10.5. The monoisotopic (exact) mass is 224 g/mol. The lowest BCUT2D eigenvalue weighted by molar-refractivity contribution is 0.121. The van der Waals surface area contributed by atoms with Gasteiger partial charge in [-0.25, -0.2) is 0 Å². The molecule has 0 fully saturated rings. The molecule has 88 valence electrons. The standard InChI is InChI=1S/C11H17BO4/c1-3-6-16-8-9-7-10(15-2)4-5-11(9)12(13)14/h4-5,7,13-14H,3,6,8H2,1-2H3. The van der Waals surface area contributed by atoms with E-state index in [2.05, 4.69) is 0 Å². The summed E-state index contributed by atoms with van der Waals surface area (Å²) in [4.78, 5) is 0. The fraction of sp³-hybridized carbons (Fsp3) is 0.455. The van der Waals surface area contributed by atoms with Gasteiger partial charge in [0.15, 0.2) is 0 Å². The Labute approximate surface area is 96.0 Å². The molecule has 0 atom stereocenters. The first-order chi connectivity index (χ1) is 7.69. The predicted molar refractivity (Wildman–Crippen MR) is 62.8 cm³/mol. The van der Waals surface area contributed by atoms with Crippen LogP contribution in [0, 0.1) is 0 Å². The van der Waals surface area contributed by atoms with Crippen molar-refractivity contribution in [2.45, 2.75) is 20.0 Å². The fourth-order valence-corrected chi connectivity index (χ4v) is 1.41. The molecule has 0 amide bonds. The van der Waals surface area contributed by atoms with E-state index in [1.54, 1.807) is 25.3 Å². The van der Waals surface area contributed by atoms with Gasteiger partial charge in [0.05, 0.1) is 13.7 Å². The average molecular weight is 224 g/mol. The third-order valence-electron chi connectivity index (χ3n) is 2.23. The maximum atomic E-state index is 9.18. The second-order valence-corrected chi connectivity index (χ2v) is 3.49. The van der Waals surface area contributed by atoms with Gasteiger partial charge >= 0.3 is 7.12 Å². The van der Waals surface area contributed by atoms with Gasteiger partial charge in [0.2, 0.25) is 0 Å². The molecular formula is C11H17BO4. The molecule has 0 saturated carbocycles. The summed E-state index contributed by atoms with van der Waals surface area (Å²) in [5.74, 6) is 0.680. The molecule has 1 aromatic rings. The predicted octanol–water partition coefficient (Wildman–Crippen LogP) is 0.302. The lowest BCUT2D eigenvalue weighted by atomic mass is 9.77. The molecule has 0 aliphatic carbocycles. The highest BCUT2D eigenvalue weighted by molar-refractivity contribution is 6.59. The van der Waals surface area contributed by atoms with E-state index in [1.807, 2.05) is 6.92 Å². The Balaban J connectivity index is 2.83. The number of rotatable bonds is 6. The summed E-state index contributed by atoms with van der Waals surface area (Å²) in [5, 5.41) is 18.4. The largest absolute Gasteiger partial charge is 0.497 e. The van der Waals surface area contributed by atoms with Crippen LogP contribution in [-0.2, 0) is 11.3 Å². The lowest BCUT2D eigenvalue weighted by Gasteiger charge is -2.11. The number of benzene rings is 1. The van der Waals surface area contributed by atoms with Gasteiger partial charge in [-0.1, -0.05) is 13.0 Å². The Morgan fingerprint density at radius 1 is 1.31 bits per heavy atom. The summed E-state index contributed by atoms with van der Waals surface area (Å²) >= 11 is 0. The van der Waals surface area contributed by atoms with Crippen LogP contribution in [0.15, 0.2) is 18.2 Å². The van der Waals surface area contributed by atoms with Crippen molar-refractivity contribution in [3.05, 3.63) is 23.8 Å². The molecule has 1 aromatic carbocycles. The van der Waals surface area contributed by atoms with Crippen molar-refractivity contribution in [2.75, 3.05) is 13.7 Å². The fourth-order valence-electron chi connectivity index (χ4n) is 1.41. The molecule has 0 saturated heterocycles. The van der Waals surface area contributed by atoms with Gasteiger partial charge in [0.25, 0.3) is 0 Å². The van der Waals surface area contributed by atoms with Crippen LogP contribution in [0.1, 0.15) is 18.9 Å². The first kappa shape index (κ1) is 13.0. The smallest absolute Gasteiger partial charge is 0.488 e. The van der Waals surface area contributed by atoms with Crippen LogP contribution in [0.2, 0.25) is 0 Å². The second-order valence-electron chi connectivity index (χ2n) is 3.49. The third-order valence-corrected chi connectivity index (χ3v) is 2.23. The van der Waals surface area contributed by atoms with Gasteiger partial charge in [-0.05, 0) is 29.6 Å². The first-order valence-corrected chi connectivity index (χ1v) is 5.29. The molecule has 0 radical (unpaired) electrons. The summed E-state index contributed by atoms with van der Waals surface area (Å²) in [6.45, 7) is 3.03. The van der Waals surface area contributed by atoms with E-state index in [1.165, 1.54) is 0 Å². The number of hydrogen-bond donors (Lipinski definition) is 2. The zero-order valence-electron chi connectivity index (χ0n) is 9.64. The van der Waals surface area contributed by atoms with E-state index < -0.39 is 7.12 Å². The van der Waals surface area contributed by atoms with Crippen LogP contribution in [0.5, 0.6) is 5.75 Å². The van der Waals surface area contributed by atoms with Crippen LogP contribution in [0.4, 0.5) is 0 Å². The topological polar surface area (TPSA) is 58.9 Å². The van der Waals surface area contributed by atoms with Crippen LogP contribution in [0.25, 0.3) is 0 Å². The van der Waals surface area contributed by atoms with Gasteiger partial charge in [0.1, 0.15) is 5.75 Å². The SMILES string of the molecule is CCCOCc1cc(OC)ccc1B(O)O. The van der Waals surface area contributed by atoms with Crippen molar-refractivity contribution in [1.29, 1.82) is 0 Å². The molecule has 0 bridgehead atoms. The Kier molecular flexibility index (Phi) is 5.32. The second kappa shape index (κ2) is 6.53. The van der Waals surface area contributed by atoms with Crippen LogP contribution >= 0.6 is 0 Å². The molecule has 0 aromatic heterocycles. The van der Waals surface area contributed by atoms with Crippen LogP contribution in [-0.4, -0.2) is 30.9 Å². The van der Waals surface area contributed by atoms with E-state index in [9.17, 15) is 10.0 Å². The minimum atomic E-state index is -1.48. The maximum Gasteiger partial charge on any atom is 0.488 e. The lowest BCUT2D eigenvalue weighted by Crippen LogP contribution is -2.33. The molecular weight excluding hydrogens is 207 g/mol. The summed E-state index contributed by atoms with van der Waals surface area (Å²) in [7, 11) is 0.0901. The van der Waals surface area contributed by atoms with Gasteiger partial charge in [-0.2, -0.15) is 0 Å². The molecule has 5 heteroatoms. The van der Waals surface area contributed by atoms with E-state index in [0.29, 0.717) is 24.4 Å². The molecule has 4 nitrogen and oxygen atoms in total. The van der Waals surface area contributed by atoms with Crippen LogP contribution < -0.4 is 10.2 Å². The Hall–Kier alpha value is -1.04. The third kappa shape index (κ3) is 3.52. The highest BCUT2D eigenvalue weighted by atomic mass is 16.5.